The van der Waals surface area contributed by atoms with Crippen LogP contribution in [0.3, 0.4) is 0 Å². The van der Waals surface area contributed by atoms with E-state index in [1.165, 1.54) is 4.90 Å². The van der Waals surface area contributed by atoms with Gasteiger partial charge in [0.2, 0.25) is 11.8 Å². The predicted molar refractivity (Wildman–Crippen MR) is 168 cm³/mol. The molecular formula is C32H35N8O6+. The molecule has 1 atom stereocenters. The zero-order valence-electron chi connectivity index (χ0n) is 25.1. The van der Waals surface area contributed by atoms with Gasteiger partial charge in [-0.15, -0.1) is 15.2 Å². The van der Waals surface area contributed by atoms with Crippen molar-refractivity contribution in [1.82, 2.24) is 20.0 Å². The molecule has 1 unspecified atom stereocenters. The second kappa shape index (κ2) is 12.8. The molecule has 14 nitrogen and oxygen atoms in total. The standard InChI is InChI=1S/C32H34N8O6/c33-30-25(17-23(36-37-30)20-5-1-2-8-26(20)41)38-13-15-39(16-14-38)29(44)10-4-9-27(42)34-22-7-3-6-19-21(22)18-40(32(19)46)24-11-12-28(43)35-31(24)45/h1-3,5-8,17,24,41H,4,9-16,18H2,(H2,33,37)(H,34,42)(H,35,43,45)/p+1. The molecule has 6 rings (SSSR count). The van der Waals surface area contributed by atoms with Crippen LogP contribution in [-0.4, -0.2) is 92.0 Å². The number of carbonyl (C=O) groups is 4. The summed E-state index contributed by atoms with van der Waals surface area (Å²) < 4.78 is 0. The lowest BCUT2D eigenvalue weighted by Gasteiger charge is -2.36. The molecule has 1 fully saturated rings. The van der Waals surface area contributed by atoms with Crippen LogP contribution >= 0.6 is 0 Å². The number of para-hydroxylation sites is 1. The van der Waals surface area contributed by atoms with Gasteiger partial charge in [0.25, 0.3) is 5.91 Å². The van der Waals surface area contributed by atoms with Crippen LogP contribution in [0.2, 0.25) is 0 Å². The average molecular weight is 628 g/mol. The number of amides is 4. The van der Waals surface area contributed by atoms with Crippen molar-refractivity contribution in [2.75, 3.05) is 42.1 Å². The van der Waals surface area contributed by atoms with Crippen molar-refractivity contribution in [2.24, 2.45) is 0 Å². The molecule has 0 saturated carbocycles. The predicted octanol–water partition coefficient (Wildman–Crippen LogP) is 0.571. The lowest BCUT2D eigenvalue weighted by molar-refractivity contribution is -0.394. The number of hydrogen-bond donors (Lipinski definition) is 5. The minimum Gasteiger partial charge on any atom is -0.507 e. The van der Waals surface area contributed by atoms with E-state index in [0.717, 1.165) is 0 Å². The van der Waals surface area contributed by atoms with E-state index in [1.54, 1.807) is 53.4 Å². The SMILES string of the molecule is Nc1nnc(-c2ccccc2O)cc1N1CCN(C(=O)CCCC(=O)Nc2cccc3c2CN(C2CCC(=O)[NH+]=C2O)C3=O)CC1. The zero-order chi connectivity index (χ0) is 32.4. The van der Waals surface area contributed by atoms with Gasteiger partial charge in [0, 0.05) is 67.9 Å². The summed E-state index contributed by atoms with van der Waals surface area (Å²) >= 11 is 0. The second-order valence-electron chi connectivity index (χ2n) is 11.5. The molecule has 0 radical (unpaired) electrons. The topological polar surface area (TPSA) is 196 Å². The minimum atomic E-state index is -0.631. The number of phenols is 1. The number of nitrogens with two attached hydrogens (primary N) is 1. The van der Waals surface area contributed by atoms with Gasteiger partial charge in [-0.05, 0) is 43.2 Å². The fourth-order valence-corrected chi connectivity index (χ4v) is 6.15. The second-order valence-corrected chi connectivity index (χ2v) is 11.5. The van der Waals surface area contributed by atoms with Gasteiger partial charge in [-0.25, -0.2) is 4.79 Å². The molecule has 14 heteroatoms. The summed E-state index contributed by atoms with van der Waals surface area (Å²) in [6.45, 7) is 2.24. The van der Waals surface area contributed by atoms with Crippen LogP contribution in [0.4, 0.5) is 17.2 Å². The Hall–Kier alpha value is -5.53. The fraction of sp³-hybridized carbons (Fsp3) is 0.344. The lowest BCUT2D eigenvalue weighted by Crippen LogP contribution is -2.82. The smallest absolute Gasteiger partial charge is 0.388 e. The third kappa shape index (κ3) is 6.18. The molecule has 4 amide bonds. The molecule has 1 aromatic heterocycles. The quantitative estimate of drug-likeness (QED) is 0.236. The van der Waals surface area contributed by atoms with Gasteiger partial charge in [-0.2, -0.15) is 0 Å². The summed E-state index contributed by atoms with van der Waals surface area (Å²) in [5.74, 6) is -0.755. The number of phenolic OH excluding ortho intramolecular Hbond substituents is 1. The van der Waals surface area contributed by atoms with Gasteiger partial charge in [0.15, 0.2) is 11.9 Å². The van der Waals surface area contributed by atoms with E-state index in [0.29, 0.717) is 72.8 Å². The summed E-state index contributed by atoms with van der Waals surface area (Å²) in [5, 5.41) is 31.6. The number of aromatic hydroxyl groups is 1. The first-order valence-electron chi connectivity index (χ1n) is 15.2. The summed E-state index contributed by atoms with van der Waals surface area (Å²) in [6.07, 6.45) is 1.22. The summed E-state index contributed by atoms with van der Waals surface area (Å²) in [4.78, 5) is 58.2. The van der Waals surface area contributed by atoms with Crippen LogP contribution < -0.4 is 20.9 Å². The van der Waals surface area contributed by atoms with E-state index >= 15 is 0 Å². The monoisotopic (exact) mass is 627 g/mol. The number of nitrogens with zero attached hydrogens (tertiary/aromatic N) is 5. The number of benzene rings is 2. The van der Waals surface area contributed by atoms with Crippen molar-refractivity contribution in [3.63, 3.8) is 0 Å². The maximum Gasteiger partial charge on any atom is 0.388 e. The van der Waals surface area contributed by atoms with Gasteiger partial charge in [-0.1, -0.05) is 18.2 Å². The number of aliphatic hydroxyl groups is 1. The highest BCUT2D eigenvalue weighted by Crippen LogP contribution is 2.33. The van der Waals surface area contributed by atoms with Crippen molar-refractivity contribution in [3.8, 4) is 17.0 Å². The van der Waals surface area contributed by atoms with Crippen molar-refractivity contribution in [1.29, 1.82) is 0 Å². The zero-order valence-corrected chi connectivity index (χ0v) is 25.1. The van der Waals surface area contributed by atoms with Gasteiger partial charge < -0.3 is 36.0 Å². The highest BCUT2D eigenvalue weighted by Gasteiger charge is 2.41. The molecule has 1 saturated heterocycles. The number of nitrogens with one attached hydrogen (secondary N) is 2. The van der Waals surface area contributed by atoms with Crippen LogP contribution in [-0.2, 0) is 20.9 Å². The Kier molecular flexibility index (Phi) is 8.51. The van der Waals surface area contributed by atoms with E-state index in [2.05, 4.69) is 20.5 Å². The van der Waals surface area contributed by atoms with Crippen molar-refractivity contribution in [3.05, 3.63) is 59.7 Å². The third-order valence-electron chi connectivity index (χ3n) is 8.62. The van der Waals surface area contributed by atoms with E-state index in [1.807, 2.05) is 4.90 Å². The Bertz CT molecular complexity index is 1740. The largest absolute Gasteiger partial charge is 0.507 e. The van der Waals surface area contributed by atoms with E-state index in [-0.39, 0.29) is 66.9 Å². The van der Waals surface area contributed by atoms with Crippen LogP contribution in [0.25, 0.3) is 11.3 Å². The molecular weight excluding hydrogens is 592 g/mol. The molecule has 2 aromatic carbocycles. The van der Waals surface area contributed by atoms with Crippen molar-refractivity contribution < 1.29 is 34.4 Å². The van der Waals surface area contributed by atoms with Gasteiger partial charge >= 0.3 is 11.8 Å². The first kappa shape index (κ1) is 30.5. The molecule has 0 bridgehead atoms. The number of hydrogen-bond acceptors (Lipinski definition) is 9. The normalized spacial score (nSPS) is 18.0. The van der Waals surface area contributed by atoms with Gasteiger partial charge in [0.1, 0.15) is 5.75 Å². The molecule has 3 aliphatic rings. The number of aromatic nitrogens is 2. The summed E-state index contributed by atoms with van der Waals surface area (Å²) in [7, 11) is 0. The number of rotatable bonds is 8. The van der Waals surface area contributed by atoms with Gasteiger partial charge in [0.05, 0.1) is 17.8 Å². The molecule has 238 valence electrons. The highest BCUT2D eigenvalue weighted by atomic mass is 16.3. The van der Waals surface area contributed by atoms with E-state index < -0.39 is 6.04 Å². The van der Waals surface area contributed by atoms with E-state index in [9.17, 15) is 29.4 Å². The molecule has 6 N–H and O–H groups in total. The number of aliphatic hydroxyl groups excluding tert-OH is 1. The fourth-order valence-electron chi connectivity index (χ4n) is 6.15. The number of anilines is 3. The highest BCUT2D eigenvalue weighted by molar-refractivity contribution is 6.04. The van der Waals surface area contributed by atoms with E-state index in [4.69, 9.17) is 5.73 Å². The molecule has 0 spiro atoms. The number of carbonyl (C=O) groups excluding carboxylic acids is 4. The minimum absolute atomic E-state index is 0.0411. The Labute approximate surface area is 264 Å². The maximum absolute atomic E-state index is 13.1. The third-order valence-corrected chi connectivity index (χ3v) is 8.62. The van der Waals surface area contributed by atoms with Crippen LogP contribution in [0.1, 0.15) is 48.0 Å². The lowest BCUT2D eigenvalue weighted by atomic mass is 10.1. The van der Waals surface area contributed by atoms with Gasteiger partial charge in [-0.3, -0.25) is 14.4 Å². The molecule has 4 heterocycles. The Morgan fingerprint density at radius 3 is 2.50 bits per heavy atom. The first-order chi connectivity index (χ1) is 22.2. The van der Waals surface area contributed by atoms with Crippen LogP contribution in [0.15, 0.2) is 48.5 Å². The first-order valence-corrected chi connectivity index (χ1v) is 15.2. The Balaban J connectivity index is 0.990. The summed E-state index contributed by atoms with van der Waals surface area (Å²) in [5.41, 5.74) is 9.47. The maximum atomic E-state index is 13.1. The Morgan fingerprint density at radius 2 is 1.74 bits per heavy atom. The molecule has 0 aliphatic carbocycles. The number of piperazine rings is 1. The molecule has 3 aromatic rings. The summed E-state index contributed by atoms with van der Waals surface area (Å²) in [6, 6.07) is 13.1. The van der Waals surface area contributed by atoms with Crippen LogP contribution in [0.5, 0.6) is 5.75 Å². The molecule has 46 heavy (non-hydrogen) atoms. The number of nitrogen functional groups attached to an aromatic ring is 1. The average Bonchev–Trinajstić information content (AvgIpc) is 3.38. The van der Waals surface area contributed by atoms with Crippen LogP contribution in [0, 0.1) is 0 Å². The Morgan fingerprint density at radius 1 is 0.978 bits per heavy atom. The van der Waals surface area contributed by atoms with Crippen molar-refractivity contribution >= 4 is 46.7 Å². The van der Waals surface area contributed by atoms with Crippen molar-refractivity contribution in [2.45, 2.75) is 44.7 Å². The molecule has 3 aliphatic heterocycles. The number of fused-ring (bicyclic) bond motifs is 1.